The van der Waals surface area contributed by atoms with E-state index in [1.54, 1.807) is 0 Å². The molecule has 3 aromatic rings. The smallest absolute Gasteiger partial charge is 0.127 e. The molecule has 0 aliphatic rings. The van der Waals surface area contributed by atoms with E-state index in [-0.39, 0.29) is 0 Å². The normalized spacial score (nSPS) is 10.3. The van der Waals surface area contributed by atoms with Gasteiger partial charge in [-0.15, -0.1) is 0 Å². The van der Waals surface area contributed by atoms with Crippen LogP contribution in [0.4, 0.5) is 11.4 Å². The molecule has 4 nitrogen and oxygen atoms in total. The standard InChI is InChI=1S/C22H24N2O2/c1-23(2)17-5-9-19(10-6-17)25-21-13-15-22(16-14-21)26-20-11-7-18(8-12-20)24(3)4/h5-16H,1-4H3. The highest BCUT2D eigenvalue weighted by molar-refractivity contribution is 5.49. The maximum Gasteiger partial charge on any atom is 0.127 e. The predicted octanol–water partition coefficient (Wildman–Crippen LogP) is 5.40. The Balaban J connectivity index is 1.62. The fourth-order valence-corrected chi connectivity index (χ4v) is 2.47. The summed E-state index contributed by atoms with van der Waals surface area (Å²) in [5, 5.41) is 0. The SMILES string of the molecule is CN(C)c1ccc(Oc2ccc(Oc3ccc(N(C)C)cc3)cc2)cc1. The molecule has 0 unspecified atom stereocenters. The second-order valence-corrected chi connectivity index (χ2v) is 6.45. The van der Waals surface area contributed by atoms with E-state index in [9.17, 15) is 0 Å². The number of hydrogen-bond acceptors (Lipinski definition) is 4. The van der Waals surface area contributed by atoms with Crippen LogP contribution in [0.3, 0.4) is 0 Å². The van der Waals surface area contributed by atoms with Crippen molar-refractivity contribution in [3.05, 3.63) is 72.8 Å². The van der Waals surface area contributed by atoms with E-state index in [4.69, 9.17) is 9.47 Å². The van der Waals surface area contributed by atoms with Crippen molar-refractivity contribution in [2.75, 3.05) is 38.0 Å². The van der Waals surface area contributed by atoms with Gasteiger partial charge in [0.05, 0.1) is 0 Å². The highest BCUT2D eigenvalue weighted by atomic mass is 16.5. The van der Waals surface area contributed by atoms with Gasteiger partial charge in [-0.2, -0.15) is 0 Å². The van der Waals surface area contributed by atoms with Crippen LogP contribution in [0.25, 0.3) is 0 Å². The molecule has 26 heavy (non-hydrogen) atoms. The van der Waals surface area contributed by atoms with Gasteiger partial charge in [0.15, 0.2) is 0 Å². The Labute approximate surface area is 155 Å². The van der Waals surface area contributed by atoms with E-state index < -0.39 is 0 Å². The van der Waals surface area contributed by atoms with E-state index >= 15 is 0 Å². The molecule has 0 bridgehead atoms. The molecule has 0 fully saturated rings. The number of rotatable bonds is 6. The van der Waals surface area contributed by atoms with Crippen LogP contribution in [-0.2, 0) is 0 Å². The topological polar surface area (TPSA) is 24.9 Å². The van der Waals surface area contributed by atoms with E-state index in [1.165, 1.54) is 0 Å². The molecule has 3 rings (SSSR count). The summed E-state index contributed by atoms with van der Waals surface area (Å²) >= 11 is 0. The van der Waals surface area contributed by atoms with E-state index in [2.05, 4.69) is 9.80 Å². The number of ether oxygens (including phenoxy) is 2. The first-order chi connectivity index (χ1) is 12.5. The molecule has 0 saturated carbocycles. The van der Waals surface area contributed by atoms with Gasteiger partial charge in [-0.25, -0.2) is 0 Å². The lowest BCUT2D eigenvalue weighted by atomic mass is 10.2. The van der Waals surface area contributed by atoms with Crippen molar-refractivity contribution in [1.82, 2.24) is 0 Å². The molecule has 0 amide bonds. The fraction of sp³-hybridized carbons (Fsp3) is 0.182. The minimum absolute atomic E-state index is 0.776. The fourth-order valence-electron chi connectivity index (χ4n) is 2.47. The van der Waals surface area contributed by atoms with Gasteiger partial charge in [0, 0.05) is 39.6 Å². The van der Waals surface area contributed by atoms with E-state index in [0.717, 1.165) is 34.4 Å². The lowest BCUT2D eigenvalue weighted by Gasteiger charge is -2.14. The zero-order valence-corrected chi connectivity index (χ0v) is 15.6. The van der Waals surface area contributed by atoms with Gasteiger partial charge in [0.25, 0.3) is 0 Å². The summed E-state index contributed by atoms with van der Waals surface area (Å²) in [5.74, 6) is 3.17. The summed E-state index contributed by atoms with van der Waals surface area (Å²) in [6.07, 6.45) is 0. The quantitative estimate of drug-likeness (QED) is 0.595. The van der Waals surface area contributed by atoms with Gasteiger partial charge >= 0.3 is 0 Å². The third-order valence-electron chi connectivity index (χ3n) is 4.00. The number of anilines is 2. The Morgan fingerprint density at radius 1 is 0.423 bits per heavy atom. The Hall–Kier alpha value is -3.14. The number of benzene rings is 3. The highest BCUT2D eigenvalue weighted by Crippen LogP contribution is 2.28. The molecule has 3 aromatic carbocycles. The monoisotopic (exact) mass is 348 g/mol. The molecular formula is C22H24N2O2. The van der Waals surface area contributed by atoms with Crippen molar-refractivity contribution < 1.29 is 9.47 Å². The summed E-state index contributed by atoms with van der Waals surface area (Å²) in [6, 6.07) is 23.6. The number of hydrogen-bond donors (Lipinski definition) is 0. The lowest BCUT2D eigenvalue weighted by molar-refractivity contribution is 0.469. The Morgan fingerprint density at radius 2 is 0.654 bits per heavy atom. The van der Waals surface area contributed by atoms with Crippen LogP contribution < -0.4 is 19.3 Å². The van der Waals surface area contributed by atoms with Crippen molar-refractivity contribution >= 4 is 11.4 Å². The zero-order chi connectivity index (χ0) is 18.5. The van der Waals surface area contributed by atoms with Gasteiger partial charge in [-0.05, 0) is 72.8 Å². The van der Waals surface area contributed by atoms with Crippen LogP contribution in [0, 0.1) is 0 Å². The van der Waals surface area contributed by atoms with Gasteiger partial charge in [0.1, 0.15) is 23.0 Å². The van der Waals surface area contributed by atoms with Crippen molar-refractivity contribution in [3.8, 4) is 23.0 Å². The summed E-state index contributed by atoms with van der Waals surface area (Å²) in [7, 11) is 8.07. The molecule has 0 spiro atoms. The van der Waals surface area contributed by atoms with Gasteiger partial charge in [-0.1, -0.05) is 0 Å². The molecule has 0 atom stereocenters. The minimum atomic E-state index is 0.776. The lowest BCUT2D eigenvalue weighted by Crippen LogP contribution is -2.07. The second-order valence-electron chi connectivity index (χ2n) is 6.45. The molecule has 4 heteroatoms. The molecule has 0 aromatic heterocycles. The molecule has 0 radical (unpaired) electrons. The average molecular weight is 348 g/mol. The Kier molecular flexibility index (Phi) is 5.32. The van der Waals surface area contributed by atoms with E-state index in [0.29, 0.717) is 0 Å². The molecular weight excluding hydrogens is 324 g/mol. The van der Waals surface area contributed by atoms with Crippen LogP contribution in [0.5, 0.6) is 23.0 Å². The van der Waals surface area contributed by atoms with Crippen molar-refractivity contribution in [2.24, 2.45) is 0 Å². The molecule has 0 heterocycles. The third-order valence-corrected chi connectivity index (χ3v) is 4.00. The summed E-state index contributed by atoms with van der Waals surface area (Å²) in [5.41, 5.74) is 2.28. The Bertz CT molecular complexity index is 751. The maximum atomic E-state index is 5.88. The van der Waals surface area contributed by atoms with Crippen molar-refractivity contribution in [3.63, 3.8) is 0 Å². The first-order valence-corrected chi connectivity index (χ1v) is 8.52. The van der Waals surface area contributed by atoms with Crippen LogP contribution in [0.15, 0.2) is 72.8 Å². The summed E-state index contributed by atoms with van der Waals surface area (Å²) < 4.78 is 11.8. The molecule has 0 aliphatic carbocycles. The van der Waals surface area contributed by atoms with Crippen LogP contribution in [-0.4, -0.2) is 28.2 Å². The maximum absolute atomic E-state index is 5.88. The highest BCUT2D eigenvalue weighted by Gasteiger charge is 2.02. The summed E-state index contributed by atoms with van der Waals surface area (Å²) in [4.78, 5) is 4.11. The van der Waals surface area contributed by atoms with Crippen molar-refractivity contribution in [2.45, 2.75) is 0 Å². The predicted molar refractivity (Wildman–Crippen MR) is 108 cm³/mol. The molecule has 0 saturated heterocycles. The molecule has 0 aliphatic heterocycles. The summed E-state index contributed by atoms with van der Waals surface area (Å²) in [6.45, 7) is 0. The average Bonchev–Trinajstić information content (AvgIpc) is 2.64. The Morgan fingerprint density at radius 3 is 0.885 bits per heavy atom. The molecule has 134 valence electrons. The first-order valence-electron chi connectivity index (χ1n) is 8.52. The van der Waals surface area contributed by atoms with Gasteiger partial charge in [0.2, 0.25) is 0 Å². The largest absolute Gasteiger partial charge is 0.457 e. The second kappa shape index (κ2) is 7.83. The minimum Gasteiger partial charge on any atom is -0.457 e. The van der Waals surface area contributed by atoms with Gasteiger partial charge < -0.3 is 19.3 Å². The molecule has 0 N–H and O–H groups in total. The van der Waals surface area contributed by atoms with Crippen molar-refractivity contribution in [1.29, 1.82) is 0 Å². The van der Waals surface area contributed by atoms with Gasteiger partial charge in [-0.3, -0.25) is 0 Å². The van der Waals surface area contributed by atoms with Crippen LogP contribution in [0.1, 0.15) is 0 Å². The van der Waals surface area contributed by atoms with E-state index in [1.807, 2.05) is 101 Å². The van der Waals surface area contributed by atoms with Crippen LogP contribution >= 0.6 is 0 Å². The number of nitrogens with zero attached hydrogens (tertiary/aromatic N) is 2. The third kappa shape index (κ3) is 4.48. The zero-order valence-electron chi connectivity index (χ0n) is 15.6. The first kappa shape index (κ1) is 17.7. The van der Waals surface area contributed by atoms with Crippen LogP contribution in [0.2, 0.25) is 0 Å².